The molecule has 0 radical (unpaired) electrons. The minimum absolute atomic E-state index is 0.348. The van der Waals surface area contributed by atoms with Gasteiger partial charge in [0.05, 0.1) is 13.2 Å². The number of allylic oxidation sites excluding steroid dienone is 1. The maximum absolute atomic E-state index is 5.91. The normalized spacial score (nSPS) is 16.2. The van der Waals surface area contributed by atoms with Gasteiger partial charge in [-0.25, -0.2) is 0 Å². The van der Waals surface area contributed by atoms with Crippen LogP contribution in [0.1, 0.15) is 12.7 Å². The Bertz CT molecular complexity index is 732. The van der Waals surface area contributed by atoms with Crippen molar-refractivity contribution in [2.45, 2.75) is 30.5 Å². The van der Waals surface area contributed by atoms with Crippen molar-refractivity contribution in [2.75, 3.05) is 32.8 Å². The summed E-state index contributed by atoms with van der Waals surface area (Å²) in [6, 6.07) is 7.30. The Hall–Kier alpha value is -1.54. The third kappa shape index (κ3) is 5.97. The zero-order valence-electron chi connectivity index (χ0n) is 15.5. The van der Waals surface area contributed by atoms with Crippen LogP contribution in [0.3, 0.4) is 0 Å². The maximum atomic E-state index is 5.91. The molecule has 0 N–H and O–H groups in total. The van der Waals surface area contributed by atoms with Crippen molar-refractivity contribution in [1.82, 2.24) is 19.7 Å². The zero-order valence-corrected chi connectivity index (χ0v) is 17.1. The van der Waals surface area contributed by atoms with Gasteiger partial charge in [-0.15, -0.1) is 16.8 Å². The molecule has 27 heavy (non-hydrogen) atoms. The van der Waals surface area contributed by atoms with E-state index in [0.717, 1.165) is 49.6 Å². The molecular formula is C19H25ClN4O2S. The first-order valence-corrected chi connectivity index (χ1v) is 10.3. The van der Waals surface area contributed by atoms with Crippen LogP contribution in [0.25, 0.3) is 0 Å². The Morgan fingerprint density at radius 2 is 2.04 bits per heavy atom. The van der Waals surface area contributed by atoms with Gasteiger partial charge in [-0.2, -0.15) is 0 Å². The molecule has 0 aliphatic carbocycles. The van der Waals surface area contributed by atoms with E-state index in [-0.39, 0.29) is 0 Å². The van der Waals surface area contributed by atoms with Gasteiger partial charge in [0.1, 0.15) is 12.4 Å². The molecule has 1 saturated heterocycles. The number of thioether (sulfide) groups is 1. The molecule has 1 aromatic carbocycles. The summed E-state index contributed by atoms with van der Waals surface area (Å²) in [6.07, 6.45) is 1.85. The molecular weight excluding hydrogens is 384 g/mol. The number of benzene rings is 1. The lowest BCUT2D eigenvalue weighted by Crippen LogP contribution is -2.39. The number of halogens is 1. The first kappa shape index (κ1) is 20.2. The lowest BCUT2D eigenvalue weighted by atomic mass is 10.3. The van der Waals surface area contributed by atoms with Crippen LogP contribution in [-0.4, -0.2) is 57.8 Å². The molecule has 1 aromatic heterocycles. The Balaban J connectivity index is 1.61. The number of ether oxygens (including phenoxy) is 2. The molecule has 0 bridgehead atoms. The van der Waals surface area contributed by atoms with Crippen LogP contribution in [0.5, 0.6) is 5.75 Å². The first-order chi connectivity index (χ1) is 13.2. The summed E-state index contributed by atoms with van der Waals surface area (Å²) >= 11 is 7.64. The van der Waals surface area contributed by atoms with Gasteiger partial charge in [0, 0.05) is 36.5 Å². The van der Waals surface area contributed by atoms with Crippen molar-refractivity contribution >= 4 is 23.4 Å². The molecule has 2 heterocycles. The number of morpholine rings is 1. The Labute approximate surface area is 169 Å². The predicted molar refractivity (Wildman–Crippen MR) is 109 cm³/mol. The van der Waals surface area contributed by atoms with Gasteiger partial charge in [-0.05, 0) is 24.3 Å². The number of hydrogen-bond donors (Lipinski definition) is 0. The van der Waals surface area contributed by atoms with Gasteiger partial charge in [0.25, 0.3) is 0 Å². The molecule has 8 heteroatoms. The lowest BCUT2D eigenvalue weighted by Gasteiger charge is -2.28. The van der Waals surface area contributed by atoms with Crippen molar-refractivity contribution in [3.05, 3.63) is 47.8 Å². The molecule has 0 saturated carbocycles. The van der Waals surface area contributed by atoms with Crippen LogP contribution >= 0.6 is 23.4 Å². The third-order valence-electron chi connectivity index (χ3n) is 4.21. The number of rotatable bonds is 9. The van der Waals surface area contributed by atoms with Gasteiger partial charge < -0.3 is 9.47 Å². The van der Waals surface area contributed by atoms with Crippen LogP contribution in [0.4, 0.5) is 0 Å². The van der Waals surface area contributed by atoms with Gasteiger partial charge >= 0.3 is 0 Å². The number of aromatic nitrogens is 3. The van der Waals surface area contributed by atoms with Crippen molar-refractivity contribution in [2.24, 2.45) is 0 Å². The van der Waals surface area contributed by atoms with Gasteiger partial charge in [-0.3, -0.25) is 9.47 Å². The molecule has 0 amide bonds. The molecule has 0 spiro atoms. The van der Waals surface area contributed by atoms with E-state index in [1.807, 2.05) is 18.2 Å². The predicted octanol–water partition coefficient (Wildman–Crippen LogP) is 3.51. The second kappa shape index (κ2) is 10.1. The van der Waals surface area contributed by atoms with E-state index in [1.54, 1.807) is 23.9 Å². The minimum Gasteiger partial charge on any atom is -0.486 e. The van der Waals surface area contributed by atoms with Crippen LogP contribution in [0.2, 0.25) is 5.02 Å². The number of nitrogens with zero attached hydrogens (tertiary/aromatic N) is 4. The molecule has 1 unspecified atom stereocenters. The van der Waals surface area contributed by atoms with Crippen LogP contribution in [0, 0.1) is 0 Å². The van der Waals surface area contributed by atoms with Crippen LogP contribution in [0.15, 0.2) is 42.1 Å². The fourth-order valence-corrected chi connectivity index (χ4v) is 4.04. The quantitative estimate of drug-likeness (QED) is 0.467. The Morgan fingerprint density at radius 1 is 1.30 bits per heavy atom. The summed E-state index contributed by atoms with van der Waals surface area (Å²) in [7, 11) is 0. The standard InChI is InChI=1S/C19H25ClN4O2S/c1-3-8-24-18(14-26-17-6-4-16(20)5-7-17)21-22-19(24)27-15(2)13-23-9-11-25-12-10-23/h3-7,15H,1,8-14H2,2H3. The topological polar surface area (TPSA) is 52.4 Å². The van der Waals surface area contributed by atoms with Crippen molar-refractivity contribution in [1.29, 1.82) is 0 Å². The van der Waals surface area contributed by atoms with E-state index in [4.69, 9.17) is 21.1 Å². The molecule has 2 aromatic rings. The highest BCUT2D eigenvalue weighted by Gasteiger charge is 2.18. The molecule has 1 aliphatic heterocycles. The maximum Gasteiger partial charge on any atom is 0.191 e. The summed E-state index contributed by atoms with van der Waals surface area (Å²) in [5, 5.41) is 10.7. The molecule has 1 fully saturated rings. The van der Waals surface area contributed by atoms with Gasteiger partial charge in [-0.1, -0.05) is 36.4 Å². The van der Waals surface area contributed by atoms with Crippen molar-refractivity contribution in [3.63, 3.8) is 0 Å². The summed E-state index contributed by atoms with van der Waals surface area (Å²) < 4.78 is 13.3. The summed E-state index contributed by atoms with van der Waals surface area (Å²) in [4.78, 5) is 2.43. The van der Waals surface area contributed by atoms with Crippen LogP contribution in [-0.2, 0) is 17.9 Å². The smallest absolute Gasteiger partial charge is 0.191 e. The van der Waals surface area contributed by atoms with Crippen molar-refractivity contribution < 1.29 is 9.47 Å². The zero-order chi connectivity index (χ0) is 19.1. The third-order valence-corrected chi connectivity index (χ3v) is 5.53. The molecule has 3 rings (SSSR count). The minimum atomic E-state index is 0.348. The summed E-state index contributed by atoms with van der Waals surface area (Å²) in [5.41, 5.74) is 0. The van der Waals surface area contributed by atoms with E-state index >= 15 is 0 Å². The number of hydrogen-bond acceptors (Lipinski definition) is 6. The first-order valence-electron chi connectivity index (χ1n) is 9.04. The highest BCUT2D eigenvalue weighted by molar-refractivity contribution is 7.99. The van der Waals surface area contributed by atoms with E-state index < -0.39 is 0 Å². The van der Waals surface area contributed by atoms with E-state index in [1.165, 1.54) is 0 Å². The highest BCUT2D eigenvalue weighted by atomic mass is 35.5. The summed E-state index contributed by atoms with van der Waals surface area (Å²) in [6.45, 7) is 11.7. The second-order valence-electron chi connectivity index (χ2n) is 6.38. The average molecular weight is 409 g/mol. The largest absolute Gasteiger partial charge is 0.486 e. The Kier molecular flexibility index (Phi) is 7.58. The van der Waals surface area contributed by atoms with E-state index in [9.17, 15) is 0 Å². The van der Waals surface area contributed by atoms with E-state index in [2.05, 4.69) is 33.2 Å². The molecule has 6 nitrogen and oxygen atoms in total. The summed E-state index contributed by atoms with van der Waals surface area (Å²) in [5.74, 6) is 1.54. The molecule has 146 valence electrons. The van der Waals surface area contributed by atoms with E-state index in [0.29, 0.717) is 23.4 Å². The fraction of sp³-hybridized carbons (Fsp3) is 0.474. The van der Waals surface area contributed by atoms with Crippen molar-refractivity contribution in [3.8, 4) is 5.75 Å². The van der Waals surface area contributed by atoms with Gasteiger partial charge in [0.2, 0.25) is 0 Å². The monoisotopic (exact) mass is 408 g/mol. The molecule has 1 atom stereocenters. The highest BCUT2D eigenvalue weighted by Crippen LogP contribution is 2.24. The lowest BCUT2D eigenvalue weighted by molar-refractivity contribution is 0.0386. The second-order valence-corrected chi connectivity index (χ2v) is 8.22. The molecule has 1 aliphatic rings. The van der Waals surface area contributed by atoms with Crippen LogP contribution < -0.4 is 4.74 Å². The SMILES string of the molecule is C=CCn1c(COc2ccc(Cl)cc2)nnc1SC(C)CN1CCOCC1. The van der Waals surface area contributed by atoms with Gasteiger partial charge in [0.15, 0.2) is 11.0 Å². The fourth-order valence-electron chi connectivity index (χ4n) is 2.87. The average Bonchev–Trinajstić information content (AvgIpc) is 3.04. The Morgan fingerprint density at radius 3 is 2.74 bits per heavy atom.